The molecule has 5 rings (SSSR count). The summed E-state index contributed by atoms with van der Waals surface area (Å²) in [5.41, 5.74) is 6.99. The van der Waals surface area contributed by atoms with Gasteiger partial charge in [-0.05, 0) is 41.0 Å². The van der Waals surface area contributed by atoms with E-state index < -0.39 is 24.2 Å². The molecule has 0 aromatic heterocycles. The van der Waals surface area contributed by atoms with Crippen molar-refractivity contribution in [2.75, 3.05) is 13.2 Å². The second kappa shape index (κ2) is 7.98. The Morgan fingerprint density at radius 2 is 1.79 bits per heavy atom. The minimum atomic E-state index is -3.33. The summed E-state index contributed by atoms with van der Waals surface area (Å²) in [4.78, 5) is 4.39. The van der Waals surface area contributed by atoms with Crippen molar-refractivity contribution in [2.24, 2.45) is 10.7 Å². The van der Waals surface area contributed by atoms with Crippen LogP contribution in [0.3, 0.4) is 0 Å². The zero-order valence-electron chi connectivity index (χ0n) is 17.7. The first-order valence-electron chi connectivity index (χ1n) is 10.6. The fourth-order valence-electron chi connectivity index (χ4n) is 4.55. The highest BCUT2D eigenvalue weighted by molar-refractivity contribution is 5.83. The average molecular weight is 445 g/mol. The van der Waals surface area contributed by atoms with Crippen LogP contribution in [-0.2, 0) is 10.3 Å². The molecule has 0 amide bonds. The van der Waals surface area contributed by atoms with Gasteiger partial charge in [0, 0.05) is 12.0 Å². The van der Waals surface area contributed by atoms with E-state index in [0.29, 0.717) is 16.9 Å². The van der Waals surface area contributed by atoms with Crippen molar-refractivity contribution in [3.05, 3.63) is 89.5 Å². The van der Waals surface area contributed by atoms with Gasteiger partial charge in [0.1, 0.15) is 30.9 Å². The number of aliphatic imine (C=N–C) groups is 1. The number of hydrogen-bond donors (Lipinski definition) is 1. The largest absolute Gasteiger partial charge is 0.485 e. The van der Waals surface area contributed by atoms with E-state index in [9.17, 15) is 5.26 Å². The molecule has 166 valence electrons. The van der Waals surface area contributed by atoms with Gasteiger partial charge in [-0.3, -0.25) is 4.99 Å². The monoisotopic (exact) mass is 445 g/mol. The summed E-state index contributed by atoms with van der Waals surface area (Å²) in [6, 6.07) is 23.5. The van der Waals surface area contributed by atoms with E-state index in [-0.39, 0.29) is 24.4 Å². The number of nitrogens with two attached hydrogens (primary N) is 1. The number of rotatable bonds is 2. The van der Waals surface area contributed by atoms with Crippen LogP contribution in [0.15, 0.2) is 77.8 Å². The quantitative estimate of drug-likeness (QED) is 0.604. The van der Waals surface area contributed by atoms with Crippen molar-refractivity contribution in [2.45, 2.75) is 24.0 Å². The number of nitrogens with zero attached hydrogens (tertiary/aromatic N) is 2. The van der Waals surface area contributed by atoms with Crippen LogP contribution in [0.4, 0.5) is 8.78 Å². The summed E-state index contributed by atoms with van der Waals surface area (Å²) in [7, 11) is 0. The maximum atomic E-state index is 15.8. The highest BCUT2D eigenvalue weighted by Crippen LogP contribution is 2.55. The lowest BCUT2D eigenvalue weighted by atomic mass is 9.75. The summed E-state index contributed by atoms with van der Waals surface area (Å²) in [5.74, 6) is -2.98. The van der Waals surface area contributed by atoms with E-state index >= 15 is 8.78 Å². The maximum Gasteiger partial charge on any atom is 0.299 e. The SMILES string of the molecule is N#Cc1cccc(-c2ccc3c(c2)[C@@]2(CC(c4ccccc4)O3)N=C(N)COCC2(F)F)c1. The fourth-order valence-corrected chi connectivity index (χ4v) is 4.55. The predicted octanol–water partition coefficient (Wildman–Crippen LogP) is 4.97. The van der Waals surface area contributed by atoms with E-state index in [1.165, 1.54) is 0 Å². The van der Waals surface area contributed by atoms with Gasteiger partial charge in [-0.15, -0.1) is 0 Å². The molecule has 0 saturated carbocycles. The number of fused-ring (bicyclic) bond motifs is 2. The topological polar surface area (TPSA) is 80.6 Å². The lowest BCUT2D eigenvalue weighted by Gasteiger charge is -2.43. The second-order valence-corrected chi connectivity index (χ2v) is 8.29. The standard InChI is InChI=1S/C26H21F2N3O2/c27-26(28)16-32-15-24(30)31-25(26)13-23(18-6-2-1-3-7-18)33-22-10-9-20(12-21(22)25)19-8-4-5-17(11-19)14-29/h1-12,23H,13,15-16H2,(H2,30,31)/t23?,25-/m1/s1. The molecule has 5 nitrogen and oxygen atoms in total. The van der Waals surface area contributed by atoms with Crippen molar-refractivity contribution >= 4 is 5.84 Å². The highest BCUT2D eigenvalue weighted by Gasteiger charge is 2.60. The number of alkyl halides is 2. The van der Waals surface area contributed by atoms with E-state index in [2.05, 4.69) is 11.1 Å². The van der Waals surface area contributed by atoms with Gasteiger partial charge in [0.05, 0.1) is 11.6 Å². The Labute approximate surface area is 190 Å². The predicted molar refractivity (Wildman–Crippen MR) is 120 cm³/mol. The van der Waals surface area contributed by atoms with Crippen LogP contribution in [0.5, 0.6) is 5.75 Å². The Morgan fingerprint density at radius 1 is 1.00 bits per heavy atom. The van der Waals surface area contributed by atoms with Crippen LogP contribution in [0, 0.1) is 11.3 Å². The van der Waals surface area contributed by atoms with E-state index in [1.54, 1.807) is 36.4 Å². The van der Waals surface area contributed by atoms with Crippen LogP contribution < -0.4 is 10.5 Å². The van der Waals surface area contributed by atoms with Crippen LogP contribution in [0.25, 0.3) is 11.1 Å². The molecule has 1 spiro atoms. The van der Waals surface area contributed by atoms with Crippen molar-refractivity contribution < 1.29 is 18.3 Å². The minimum absolute atomic E-state index is 0.0173. The molecule has 33 heavy (non-hydrogen) atoms. The molecule has 3 aromatic rings. The third-order valence-corrected chi connectivity index (χ3v) is 6.14. The van der Waals surface area contributed by atoms with Crippen LogP contribution in [0.2, 0.25) is 0 Å². The summed E-state index contributed by atoms with van der Waals surface area (Å²) >= 11 is 0. The Balaban J connectivity index is 1.72. The van der Waals surface area contributed by atoms with Crippen LogP contribution >= 0.6 is 0 Å². The lowest BCUT2D eigenvalue weighted by Crippen LogP contribution is -2.50. The normalized spacial score (nSPS) is 23.5. The third kappa shape index (κ3) is 3.62. The molecular formula is C26H21F2N3O2. The molecule has 0 aliphatic carbocycles. The molecule has 0 bridgehead atoms. The molecule has 2 atom stereocenters. The zero-order chi connectivity index (χ0) is 23.1. The Bertz CT molecular complexity index is 1270. The first kappa shape index (κ1) is 21.1. The van der Waals surface area contributed by atoms with E-state index in [1.807, 2.05) is 36.4 Å². The Hall–Kier alpha value is -3.76. The van der Waals surface area contributed by atoms with Gasteiger partial charge < -0.3 is 15.2 Å². The molecule has 2 heterocycles. The number of halogens is 2. The van der Waals surface area contributed by atoms with Crippen molar-refractivity contribution in [1.82, 2.24) is 0 Å². The average Bonchev–Trinajstić information content (AvgIpc) is 2.94. The number of ether oxygens (including phenoxy) is 2. The summed E-state index contributed by atoms with van der Waals surface area (Å²) in [6.45, 7) is -0.959. The zero-order valence-corrected chi connectivity index (χ0v) is 17.7. The molecule has 2 aliphatic rings. The van der Waals surface area contributed by atoms with Crippen molar-refractivity contribution in [3.8, 4) is 22.9 Å². The first-order chi connectivity index (χ1) is 15.9. The van der Waals surface area contributed by atoms with Crippen LogP contribution in [-0.4, -0.2) is 25.0 Å². The highest BCUT2D eigenvalue weighted by atomic mass is 19.3. The molecular weight excluding hydrogens is 424 g/mol. The number of amidine groups is 1. The third-order valence-electron chi connectivity index (χ3n) is 6.14. The molecule has 3 aromatic carbocycles. The Kier molecular flexibility index (Phi) is 5.10. The summed E-state index contributed by atoms with van der Waals surface area (Å²) in [6.07, 6.45) is -0.727. The lowest BCUT2D eigenvalue weighted by molar-refractivity contribution is -0.136. The van der Waals surface area contributed by atoms with Gasteiger partial charge in [-0.25, -0.2) is 8.78 Å². The molecule has 0 fully saturated rings. The summed E-state index contributed by atoms with van der Waals surface area (Å²) < 4.78 is 43.0. The molecule has 2 N–H and O–H groups in total. The maximum absolute atomic E-state index is 15.8. The smallest absolute Gasteiger partial charge is 0.299 e. The van der Waals surface area contributed by atoms with Gasteiger partial charge in [0.15, 0.2) is 5.54 Å². The molecule has 7 heteroatoms. The van der Waals surface area contributed by atoms with E-state index in [0.717, 1.165) is 11.1 Å². The van der Waals surface area contributed by atoms with Gasteiger partial charge in [-0.2, -0.15) is 5.26 Å². The van der Waals surface area contributed by atoms with Gasteiger partial charge >= 0.3 is 0 Å². The number of benzene rings is 3. The van der Waals surface area contributed by atoms with Crippen molar-refractivity contribution in [3.63, 3.8) is 0 Å². The summed E-state index contributed by atoms with van der Waals surface area (Å²) in [5, 5.41) is 9.25. The fraction of sp³-hybridized carbons (Fsp3) is 0.231. The molecule has 0 saturated heterocycles. The first-order valence-corrected chi connectivity index (χ1v) is 10.6. The van der Waals surface area contributed by atoms with Gasteiger partial charge in [0.25, 0.3) is 5.92 Å². The minimum Gasteiger partial charge on any atom is -0.485 e. The second-order valence-electron chi connectivity index (χ2n) is 8.29. The van der Waals surface area contributed by atoms with Crippen LogP contribution in [0.1, 0.15) is 29.2 Å². The van der Waals surface area contributed by atoms with E-state index in [4.69, 9.17) is 15.2 Å². The van der Waals surface area contributed by atoms with Gasteiger partial charge in [-0.1, -0.05) is 48.5 Å². The molecule has 0 radical (unpaired) electrons. The van der Waals surface area contributed by atoms with Gasteiger partial charge in [0.2, 0.25) is 0 Å². The molecule has 1 unspecified atom stereocenters. The molecule has 2 aliphatic heterocycles. The van der Waals surface area contributed by atoms with Crippen molar-refractivity contribution in [1.29, 1.82) is 5.26 Å². The number of nitriles is 1. The number of hydrogen-bond acceptors (Lipinski definition) is 5. The Morgan fingerprint density at radius 3 is 2.58 bits per heavy atom.